The third kappa shape index (κ3) is 3.89. The molecule has 0 spiro atoms. The van der Waals surface area contributed by atoms with E-state index in [-0.39, 0.29) is 21.4 Å². The average molecular weight is 398 g/mol. The molecule has 0 saturated heterocycles. The van der Waals surface area contributed by atoms with Gasteiger partial charge in [0.15, 0.2) is 5.82 Å². The second-order valence-electron chi connectivity index (χ2n) is 4.95. The Morgan fingerprint density at radius 3 is 2.20 bits per heavy atom. The van der Waals surface area contributed by atoms with Crippen LogP contribution in [0, 0.1) is 5.82 Å². The lowest BCUT2D eigenvalue weighted by Crippen LogP contribution is -2.15. The van der Waals surface area contributed by atoms with Gasteiger partial charge in [0.05, 0.1) is 10.5 Å². The molecule has 0 atom stereocenters. The zero-order chi connectivity index (χ0) is 18.0. The van der Waals surface area contributed by atoms with Crippen molar-refractivity contribution < 1.29 is 12.8 Å². The monoisotopic (exact) mass is 397 g/mol. The predicted molar refractivity (Wildman–Crippen MR) is 94.7 cm³/mol. The molecule has 5 nitrogen and oxygen atoms in total. The Kier molecular flexibility index (Phi) is 4.89. The van der Waals surface area contributed by atoms with Crippen molar-refractivity contribution in [3.05, 3.63) is 70.9 Å². The van der Waals surface area contributed by atoms with Gasteiger partial charge in [-0.3, -0.25) is 4.72 Å². The molecule has 0 aliphatic heterocycles. The quantitative estimate of drug-likeness (QED) is 0.662. The molecule has 0 amide bonds. The van der Waals surface area contributed by atoms with Crippen molar-refractivity contribution in [2.45, 2.75) is 4.90 Å². The van der Waals surface area contributed by atoms with Crippen LogP contribution in [0.5, 0.6) is 0 Å². The number of nitrogens with zero attached hydrogens (tertiary/aromatic N) is 2. The maximum atomic E-state index is 13.1. The van der Waals surface area contributed by atoms with E-state index >= 15 is 0 Å². The summed E-state index contributed by atoms with van der Waals surface area (Å²) in [6.07, 6.45) is 1.13. The predicted octanol–water partition coefficient (Wildman–Crippen LogP) is 4.39. The largest absolute Gasteiger partial charge is 0.263 e. The summed E-state index contributed by atoms with van der Waals surface area (Å²) >= 11 is 11.9. The van der Waals surface area contributed by atoms with Gasteiger partial charge >= 0.3 is 0 Å². The number of hydrogen-bond acceptors (Lipinski definition) is 4. The Bertz CT molecular complexity index is 1010. The summed E-state index contributed by atoms with van der Waals surface area (Å²) in [5.74, 6) is -0.443. The Morgan fingerprint density at radius 2 is 1.56 bits per heavy atom. The van der Waals surface area contributed by atoms with Gasteiger partial charge in [-0.25, -0.2) is 22.8 Å². The number of rotatable bonds is 4. The summed E-state index contributed by atoms with van der Waals surface area (Å²) < 4.78 is 40.6. The Hall–Kier alpha value is -2.22. The zero-order valence-corrected chi connectivity index (χ0v) is 14.8. The van der Waals surface area contributed by atoms with Crippen LogP contribution in [-0.2, 0) is 10.0 Å². The second-order valence-corrected chi connectivity index (χ2v) is 7.43. The van der Waals surface area contributed by atoms with Crippen LogP contribution in [0.3, 0.4) is 0 Å². The first-order chi connectivity index (χ1) is 11.9. The molecule has 25 heavy (non-hydrogen) atoms. The summed E-state index contributed by atoms with van der Waals surface area (Å²) in [4.78, 5) is 7.83. The van der Waals surface area contributed by atoms with Crippen molar-refractivity contribution in [3.63, 3.8) is 0 Å². The maximum Gasteiger partial charge on any atom is 0.263 e. The Morgan fingerprint density at radius 1 is 0.920 bits per heavy atom. The van der Waals surface area contributed by atoms with Gasteiger partial charge in [0.2, 0.25) is 0 Å². The molecule has 0 bridgehead atoms. The summed E-state index contributed by atoms with van der Waals surface area (Å²) in [7, 11) is -3.92. The van der Waals surface area contributed by atoms with Crippen LogP contribution in [0.1, 0.15) is 0 Å². The number of sulfonamides is 1. The Labute approximate surface area is 153 Å². The molecule has 0 aliphatic rings. The lowest BCUT2D eigenvalue weighted by atomic mass is 10.1. The number of anilines is 1. The SMILES string of the molecule is O=S(=O)(Nc1ncnc(Cl)c1-c1ccc(F)cc1)c1ccc(Cl)cc1. The summed E-state index contributed by atoms with van der Waals surface area (Å²) in [5, 5.41) is 0.450. The third-order valence-corrected chi connectivity index (χ3v) is 5.18. The molecule has 128 valence electrons. The van der Waals surface area contributed by atoms with E-state index in [1.165, 1.54) is 48.5 Å². The van der Waals surface area contributed by atoms with E-state index in [2.05, 4.69) is 14.7 Å². The molecule has 1 N–H and O–H groups in total. The lowest BCUT2D eigenvalue weighted by molar-refractivity contribution is 0.601. The van der Waals surface area contributed by atoms with E-state index in [0.29, 0.717) is 10.6 Å². The number of hydrogen-bond donors (Lipinski definition) is 1. The number of benzene rings is 2. The Balaban J connectivity index is 2.05. The first-order valence-electron chi connectivity index (χ1n) is 6.91. The number of aromatic nitrogens is 2. The van der Waals surface area contributed by atoms with Gasteiger partial charge in [-0.2, -0.15) is 0 Å². The van der Waals surface area contributed by atoms with Gasteiger partial charge in [0, 0.05) is 5.02 Å². The molecule has 0 unspecified atom stereocenters. The summed E-state index contributed by atoms with van der Waals surface area (Å²) in [6.45, 7) is 0. The van der Waals surface area contributed by atoms with Crippen LogP contribution in [0.2, 0.25) is 10.2 Å². The molecule has 0 saturated carbocycles. The fraction of sp³-hybridized carbons (Fsp3) is 0. The zero-order valence-electron chi connectivity index (χ0n) is 12.4. The summed E-state index contributed by atoms with van der Waals surface area (Å²) in [5.41, 5.74) is 0.725. The van der Waals surface area contributed by atoms with Crippen molar-refractivity contribution in [2.75, 3.05) is 4.72 Å². The lowest BCUT2D eigenvalue weighted by Gasteiger charge is -2.12. The van der Waals surface area contributed by atoms with Crippen molar-refractivity contribution in [2.24, 2.45) is 0 Å². The first kappa shape index (κ1) is 17.6. The van der Waals surface area contributed by atoms with Crippen LogP contribution in [0.4, 0.5) is 10.2 Å². The highest BCUT2D eigenvalue weighted by atomic mass is 35.5. The van der Waals surface area contributed by atoms with Crippen molar-refractivity contribution in [1.29, 1.82) is 0 Å². The van der Waals surface area contributed by atoms with E-state index < -0.39 is 15.8 Å². The maximum absolute atomic E-state index is 13.1. The van der Waals surface area contributed by atoms with Crippen LogP contribution < -0.4 is 4.72 Å². The van der Waals surface area contributed by atoms with Crippen LogP contribution in [0.15, 0.2) is 59.8 Å². The van der Waals surface area contributed by atoms with Crippen LogP contribution in [0.25, 0.3) is 11.1 Å². The molecule has 1 aromatic heterocycles. The van der Waals surface area contributed by atoms with Crippen molar-refractivity contribution in [3.8, 4) is 11.1 Å². The summed E-state index contributed by atoms with van der Waals surface area (Å²) in [6, 6.07) is 11.0. The van der Waals surface area contributed by atoms with Gasteiger partial charge in [0.25, 0.3) is 10.0 Å². The molecule has 0 radical (unpaired) electrons. The topological polar surface area (TPSA) is 72.0 Å². The smallest absolute Gasteiger partial charge is 0.263 e. The molecule has 0 aliphatic carbocycles. The highest BCUT2D eigenvalue weighted by molar-refractivity contribution is 7.92. The van der Waals surface area contributed by atoms with E-state index in [0.717, 1.165) is 6.33 Å². The molecule has 0 fully saturated rings. The van der Waals surface area contributed by atoms with Gasteiger partial charge < -0.3 is 0 Å². The minimum atomic E-state index is -3.92. The highest BCUT2D eigenvalue weighted by Crippen LogP contribution is 2.33. The fourth-order valence-electron chi connectivity index (χ4n) is 2.11. The molecule has 2 aromatic carbocycles. The third-order valence-electron chi connectivity index (χ3n) is 3.29. The second kappa shape index (κ2) is 6.95. The first-order valence-corrected chi connectivity index (χ1v) is 9.15. The molecule has 1 heterocycles. The van der Waals surface area contributed by atoms with Crippen LogP contribution >= 0.6 is 23.2 Å². The minimum Gasteiger partial charge on any atom is -0.263 e. The van der Waals surface area contributed by atoms with E-state index in [4.69, 9.17) is 23.2 Å². The van der Waals surface area contributed by atoms with E-state index in [9.17, 15) is 12.8 Å². The fourth-order valence-corrected chi connectivity index (χ4v) is 3.50. The normalized spacial score (nSPS) is 11.3. The van der Waals surface area contributed by atoms with Gasteiger partial charge in [0.1, 0.15) is 17.3 Å². The van der Waals surface area contributed by atoms with E-state index in [1.807, 2.05) is 0 Å². The number of nitrogens with one attached hydrogen (secondary N) is 1. The molecule has 3 aromatic rings. The van der Waals surface area contributed by atoms with Crippen molar-refractivity contribution >= 4 is 39.0 Å². The molecule has 3 rings (SSSR count). The van der Waals surface area contributed by atoms with E-state index in [1.54, 1.807) is 0 Å². The van der Waals surface area contributed by atoms with Gasteiger partial charge in [-0.1, -0.05) is 35.3 Å². The molecule has 9 heteroatoms. The minimum absolute atomic E-state index is 0.0108. The highest BCUT2D eigenvalue weighted by Gasteiger charge is 2.20. The molecular weight excluding hydrogens is 388 g/mol. The van der Waals surface area contributed by atoms with Crippen molar-refractivity contribution in [1.82, 2.24) is 9.97 Å². The van der Waals surface area contributed by atoms with Crippen LogP contribution in [-0.4, -0.2) is 18.4 Å². The number of halogens is 3. The average Bonchev–Trinajstić information content (AvgIpc) is 2.56. The standard InChI is InChI=1S/C16H10Cl2FN3O2S/c17-11-3-7-13(8-4-11)25(23,24)22-16-14(15(18)20-9-21-16)10-1-5-12(19)6-2-10/h1-9H,(H,20,21,22). The molecular formula is C16H10Cl2FN3O2S. The van der Waals surface area contributed by atoms with Gasteiger partial charge in [-0.05, 0) is 42.0 Å². The van der Waals surface area contributed by atoms with Gasteiger partial charge in [-0.15, -0.1) is 0 Å².